The number of carbonyl (C=O) groups excluding carboxylic acids is 1. The molecule has 8 nitrogen and oxygen atoms in total. The standard InChI is InChI=1S/C19H25N7O/c1-13-11-25(18(27)19(2,3)4)6-7-26(13)17-14(8-20)9-21-16(23-17)15-10-22-24(5)12-15/h9-10,12-13H,6-7,11H2,1-5H3. The lowest BCUT2D eigenvalue weighted by atomic mass is 9.94. The SMILES string of the molecule is CC1CN(C(=O)C(C)(C)C)CCN1c1nc(-c2cnn(C)c2)ncc1C#N. The first kappa shape index (κ1) is 18.8. The summed E-state index contributed by atoms with van der Waals surface area (Å²) >= 11 is 0. The highest BCUT2D eigenvalue weighted by Crippen LogP contribution is 2.27. The minimum Gasteiger partial charge on any atom is -0.349 e. The van der Waals surface area contributed by atoms with Crippen molar-refractivity contribution in [2.24, 2.45) is 12.5 Å². The number of aryl methyl sites for hydroxylation is 1. The van der Waals surface area contributed by atoms with E-state index in [0.29, 0.717) is 36.8 Å². The molecule has 0 radical (unpaired) electrons. The van der Waals surface area contributed by atoms with E-state index < -0.39 is 5.41 Å². The van der Waals surface area contributed by atoms with Crippen molar-refractivity contribution in [2.75, 3.05) is 24.5 Å². The second-order valence-corrected chi connectivity index (χ2v) is 7.99. The van der Waals surface area contributed by atoms with E-state index in [2.05, 4.69) is 33.0 Å². The maximum Gasteiger partial charge on any atom is 0.228 e. The van der Waals surface area contributed by atoms with E-state index >= 15 is 0 Å². The maximum absolute atomic E-state index is 12.6. The van der Waals surface area contributed by atoms with E-state index in [9.17, 15) is 10.1 Å². The predicted molar refractivity (Wildman–Crippen MR) is 102 cm³/mol. The molecule has 0 spiro atoms. The average Bonchev–Trinajstić information content (AvgIpc) is 3.06. The Morgan fingerprint density at radius 3 is 2.59 bits per heavy atom. The van der Waals surface area contributed by atoms with Crippen molar-refractivity contribution in [1.29, 1.82) is 5.26 Å². The molecule has 0 N–H and O–H groups in total. The molecule has 0 aliphatic carbocycles. The highest BCUT2D eigenvalue weighted by molar-refractivity contribution is 5.82. The second kappa shape index (κ2) is 6.99. The van der Waals surface area contributed by atoms with Crippen molar-refractivity contribution in [2.45, 2.75) is 33.7 Å². The smallest absolute Gasteiger partial charge is 0.228 e. The highest BCUT2D eigenvalue weighted by atomic mass is 16.2. The summed E-state index contributed by atoms with van der Waals surface area (Å²) < 4.78 is 1.69. The monoisotopic (exact) mass is 367 g/mol. The number of piperazine rings is 1. The van der Waals surface area contributed by atoms with Crippen molar-refractivity contribution in [1.82, 2.24) is 24.6 Å². The third-order valence-corrected chi connectivity index (χ3v) is 4.68. The summed E-state index contributed by atoms with van der Waals surface area (Å²) in [7, 11) is 1.83. The van der Waals surface area contributed by atoms with Crippen LogP contribution in [-0.4, -0.2) is 56.2 Å². The molecule has 2 aromatic heterocycles. The number of anilines is 1. The van der Waals surface area contributed by atoms with Gasteiger partial charge in [0, 0.05) is 44.3 Å². The van der Waals surface area contributed by atoms with E-state index in [4.69, 9.17) is 0 Å². The number of nitrogens with zero attached hydrogens (tertiary/aromatic N) is 7. The van der Waals surface area contributed by atoms with Crippen LogP contribution in [-0.2, 0) is 11.8 Å². The van der Waals surface area contributed by atoms with E-state index in [0.717, 1.165) is 5.56 Å². The van der Waals surface area contributed by atoms with Gasteiger partial charge in [0.1, 0.15) is 11.6 Å². The van der Waals surface area contributed by atoms with Gasteiger partial charge in [-0.05, 0) is 6.92 Å². The Kier molecular flexibility index (Phi) is 4.87. The number of nitriles is 1. The van der Waals surface area contributed by atoms with Crippen LogP contribution >= 0.6 is 0 Å². The van der Waals surface area contributed by atoms with Crippen molar-refractivity contribution in [3.05, 3.63) is 24.2 Å². The average molecular weight is 367 g/mol. The molecule has 1 amide bonds. The van der Waals surface area contributed by atoms with Gasteiger partial charge in [-0.2, -0.15) is 10.4 Å². The lowest BCUT2D eigenvalue weighted by Gasteiger charge is -2.42. The first-order valence-corrected chi connectivity index (χ1v) is 9.03. The van der Waals surface area contributed by atoms with Crippen LogP contribution in [0.25, 0.3) is 11.4 Å². The zero-order valence-corrected chi connectivity index (χ0v) is 16.5. The molecule has 0 saturated carbocycles. The molecule has 1 unspecified atom stereocenters. The quantitative estimate of drug-likeness (QED) is 0.804. The van der Waals surface area contributed by atoms with Crippen LogP contribution in [0.2, 0.25) is 0 Å². The molecule has 27 heavy (non-hydrogen) atoms. The summed E-state index contributed by atoms with van der Waals surface area (Å²) in [6.45, 7) is 9.70. The summed E-state index contributed by atoms with van der Waals surface area (Å²) in [6.07, 6.45) is 5.10. The Hall–Kier alpha value is -2.95. The third-order valence-electron chi connectivity index (χ3n) is 4.68. The summed E-state index contributed by atoms with van der Waals surface area (Å²) in [5, 5.41) is 13.7. The largest absolute Gasteiger partial charge is 0.349 e. The fourth-order valence-corrected chi connectivity index (χ4v) is 3.28. The molecule has 1 fully saturated rings. The first-order valence-electron chi connectivity index (χ1n) is 9.03. The van der Waals surface area contributed by atoms with Gasteiger partial charge in [-0.1, -0.05) is 20.8 Å². The van der Waals surface area contributed by atoms with Gasteiger partial charge in [-0.15, -0.1) is 0 Å². The van der Waals surface area contributed by atoms with Crippen LogP contribution in [0.3, 0.4) is 0 Å². The highest BCUT2D eigenvalue weighted by Gasteiger charge is 2.33. The Morgan fingerprint density at radius 2 is 2.04 bits per heavy atom. The number of hydrogen-bond acceptors (Lipinski definition) is 6. The summed E-state index contributed by atoms with van der Waals surface area (Å²) in [5.41, 5.74) is 0.838. The molecule has 3 rings (SSSR count). The molecule has 2 aromatic rings. The molecular formula is C19H25N7O. The first-order chi connectivity index (χ1) is 12.7. The molecule has 1 atom stereocenters. The van der Waals surface area contributed by atoms with E-state index in [-0.39, 0.29) is 11.9 Å². The van der Waals surface area contributed by atoms with Crippen molar-refractivity contribution in [3.63, 3.8) is 0 Å². The molecule has 0 bridgehead atoms. The third kappa shape index (κ3) is 3.77. The minimum atomic E-state index is -0.401. The number of amides is 1. The van der Waals surface area contributed by atoms with Crippen LogP contribution in [0.15, 0.2) is 18.6 Å². The molecule has 142 valence electrons. The van der Waals surface area contributed by atoms with Crippen LogP contribution in [0, 0.1) is 16.7 Å². The van der Waals surface area contributed by atoms with E-state index in [1.165, 1.54) is 0 Å². The Morgan fingerprint density at radius 1 is 1.30 bits per heavy atom. The van der Waals surface area contributed by atoms with E-state index in [1.54, 1.807) is 17.1 Å². The zero-order chi connectivity index (χ0) is 19.8. The topological polar surface area (TPSA) is 90.9 Å². The zero-order valence-electron chi connectivity index (χ0n) is 16.5. The van der Waals surface area contributed by atoms with Gasteiger partial charge in [0.2, 0.25) is 5.91 Å². The van der Waals surface area contributed by atoms with Crippen LogP contribution < -0.4 is 4.90 Å². The lowest BCUT2D eigenvalue weighted by molar-refractivity contribution is -0.140. The normalized spacial score (nSPS) is 17.7. The van der Waals surface area contributed by atoms with Crippen molar-refractivity contribution >= 4 is 11.7 Å². The fraction of sp³-hybridized carbons (Fsp3) is 0.526. The fourth-order valence-electron chi connectivity index (χ4n) is 3.28. The molecular weight excluding hydrogens is 342 g/mol. The number of aromatic nitrogens is 4. The Labute approximate surface area is 159 Å². The van der Waals surface area contributed by atoms with Crippen LogP contribution in [0.5, 0.6) is 0 Å². The van der Waals surface area contributed by atoms with Gasteiger partial charge < -0.3 is 9.80 Å². The number of carbonyl (C=O) groups is 1. The Bertz CT molecular complexity index is 890. The lowest BCUT2D eigenvalue weighted by Crippen LogP contribution is -2.56. The van der Waals surface area contributed by atoms with Gasteiger partial charge in [-0.3, -0.25) is 9.48 Å². The summed E-state index contributed by atoms with van der Waals surface area (Å²) in [4.78, 5) is 25.5. The molecule has 3 heterocycles. The summed E-state index contributed by atoms with van der Waals surface area (Å²) in [5.74, 6) is 1.30. The molecule has 1 aliphatic heterocycles. The molecule has 8 heteroatoms. The van der Waals surface area contributed by atoms with Crippen LogP contribution in [0.4, 0.5) is 5.82 Å². The predicted octanol–water partition coefficient (Wildman–Crippen LogP) is 1.83. The maximum atomic E-state index is 12.6. The van der Waals surface area contributed by atoms with Crippen LogP contribution in [0.1, 0.15) is 33.3 Å². The second-order valence-electron chi connectivity index (χ2n) is 7.99. The molecule has 1 aliphatic rings. The molecule has 0 aromatic carbocycles. The van der Waals surface area contributed by atoms with Gasteiger partial charge in [0.05, 0.1) is 18.0 Å². The van der Waals surface area contributed by atoms with Gasteiger partial charge in [0.15, 0.2) is 11.6 Å². The van der Waals surface area contributed by atoms with Gasteiger partial charge in [0.25, 0.3) is 0 Å². The van der Waals surface area contributed by atoms with Gasteiger partial charge in [-0.25, -0.2) is 9.97 Å². The minimum absolute atomic E-state index is 0.0498. The van der Waals surface area contributed by atoms with Gasteiger partial charge >= 0.3 is 0 Å². The molecule has 1 saturated heterocycles. The number of rotatable bonds is 2. The van der Waals surface area contributed by atoms with Crippen molar-refractivity contribution in [3.8, 4) is 17.5 Å². The Balaban J connectivity index is 1.88. The summed E-state index contributed by atoms with van der Waals surface area (Å²) in [6, 6.07) is 2.24. The number of hydrogen-bond donors (Lipinski definition) is 0. The van der Waals surface area contributed by atoms with Crippen molar-refractivity contribution < 1.29 is 4.79 Å². The van der Waals surface area contributed by atoms with E-state index in [1.807, 2.05) is 38.9 Å².